The molecule has 23 heavy (non-hydrogen) atoms. The summed E-state index contributed by atoms with van der Waals surface area (Å²) in [5, 5.41) is 2.95. The lowest BCUT2D eigenvalue weighted by molar-refractivity contribution is -0.120. The smallest absolute Gasteiger partial charge is 0.224 e. The molecule has 0 aliphatic carbocycles. The number of carbonyl (C=O) groups is 1. The van der Waals surface area contributed by atoms with E-state index in [1.54, 1.807) is 14.2 Å². The molecular weight excluding hydrogens is 290 g/mol. The second-order valence-electron chi connectivity index (χ2n) is 5.54. The van der Waals surface area contributed by atoms with Crippen LogP contribution < -0.4 is 14.8 Å². The highest BCUT2D eigenvalue weighted by molar-refractivity contribution is 5.79. The van der Waals surface area contributed by atoms with Crippen molar-refractivity contribution in [3.05, 3.63) is 58.7 Å². The van der Waals surface area contributed by atoms with Crippen LogP contribution in [0.3, 0.4) is 0 Å². The maximum absolute atomic E-state index is 12.2. The van der Waals surface area contributed by atoms with Crippen LogP contribution in [0.25, 0.3) is 0 Å². The van der Waals surface area contributed by atoms with E-state index < -0.39 is 0 Å². The van der Waals surface area contributed by atoms with Gasteiger partial charge in [0.05, 0.1) is 20.6 Å². The van der Waals surface area contributed by atoms with Crippen LogP contribution in [0, 0.1) is 13.8 Å². The van der Waals surface area contributed by atoms with Gasteiger partial charge in [-0.15, -0.1) is 0 Å². The molecule has 0 saturated heterocycles. The van der Waals surface area contributed by atoms with Gasteiger partial charge in [0, 0.05) is 17.7 Å². The van der Waals surface area contributed by atoms with Crippen LogP contribution in [0.5, 0.6) is 11.5 Å². The standard InChI is InChI=1S/C19H23NO3/c1-13-9-14(2)19(23-4)16(10-13)12-20-18(21)11-15-7-5-6-8-17(15)22-3/h5-10H,11-12H2,1-4H3,(H,20,21). The van der Waals surface area contributed by atoms with Crippen LogP contribution in [-0.4, -0.2) is 20.1 Å². The van der Waals surface area contributed by atoms with Crippen molar-refractivity contribution in [1.29, 1.82) is 0 Å². The van der Waals surface area contributed by atoms with Crippen molar-refractivity contribution < 1.29 is 14.3 Å². The molecule has 2 aromatic carbocycles. The molecule has 122 valence electrons. The number of amides is 1. The number of hydrogen-bond acceptors (Lipinski definition) is 3. The number of hydrogen-bond donors (Lipinski definition) is 1. The second-order valence-corrected chi connectivity index (χ2v) is 5.54. The Hall–Kier alpha value is -2.49. The monoisotopic (exact) mass is 313 g/mol. The van der Waals surface area contributed by atoms with Crippen molar-refractivity contribution in [2.24, 2.45) is 0 Å². The van der Waals surface area contributed by atoms with Gasteiger partial charge in [-0.3, -0.25) is 4.79 Å². The van der Waals surface area contributed by atoms with Crippen LogP contribution >= 0.6 is 0 Å². The topological polar surface area (TPSA) is 47.6 Å². The Morgan fingerprint density at radius 1 is 1.04 bits per heavy atom. The molecule has 4 heteroatoms. The Labute approximate surface area is 137 Å². The van der Waals surface area contributed by atoms with Gasteiger partial charge in [0.15, 0.2) is 0 Å². The van der Waals surface area contributed by atoms with Crippen LogP contribution in [0.2, 0.25) is 0 Å². The molecular formula is C19H23NO3. The molecule has 0 aromatic heterocycles. The summed E-state index contributed by atoms with van der Waals surface area (Å²) in [7, 11) is 3.26. The molecule has 0 unspecified atom stereocenters. The van der Waals surface area contributed by atoms with Crippen molar-refractivity contribution in [2.45, 2.75) is 26.8 Å². The van der Waals surface area contributed by atoms with Gasteiger partial charge in [-0.2, -0.15) is 0 Å². The van der Waals surface area contributed by atoms with Gasteiger partial charge >= 0.3 is 0 Å². The van der Waals surface area contributed by atoms with Crippen molar-refractivity contribution in [1.82, 2.24) is 5.32 Å². The lowest BCUT2D eigenvalue weighted by atomic mass is 10.1. The molecule has 0 saturated carbocycles. The number of nitrogens with one attached hydrogen (secondary N) is 1. The predicted molar refractivity (Wildman–Crippen MR) is 91.0 cm³/mol. The van der Waals surface area contributed by atoms with Crippen LogP contribution in [0.1, 0.15) is 22.3 Å². The van der Waals surface area contributed by atoms with Gasteiger partial charge in [0.25, 0.3) is 0 Å². The Morgan fingerprint density at radius 2 is 1.78 bits per heavy atom. The molecule has 1 amide bonds. The molecule has 2 rings (SSSR count). The number of benzene rings is 2. The van der Waals surface area contributed by atoms with Gasteiger partial charge in [-0.25, -0.2) is 0 Å². The second kappa shape index (κ2) is 7.68. The summed E-state index contributed by atoms with van der Waals surface area (Å²) in [6, 6.07) is 11.7. The Balaban J connectivity index is 2.05. The third-order valence-corrected chi connectivity index (χ3v) is 3.72. The lowest BCUT2D eigenvalue weighted by Gasteiger charge is -2.14. The maximum Gasteiger partial charge on any atom is 0.224 e. The van der Waals surface area contributed by atoms with E-state index in [9.17, 15) is 4.79 Å². The summed E-state index contributed by atoms with van der Waals surface area (Å²) in [6.07, 6.45) is 0.289. The number of methoxy groups -OCH3 is 2. The first kappa shape index (κ1) is 16.9. The zero-order chi connectivity index (χ0) is 16.8. The Morgan fingerprint density at radius 3 is 2.48 bits per heavy atom. The molecule has 0 aliphatic rings. The highest BCUT2D eigenvalue weighted by Crippen LogP contribution is 2.25. The van der Waals surface area contributed by atoms with E-state index >= 15 is 0 Å². The van der Waals surface area contributed by atoms with Gasteiger partial charge in [-0.1, -0.05) is 35.9 Å². The number of carbonyl (C=O) groups excluding carboxylic acids is 1. The molecule has 4 nitrogen and oxygen atoms in total. The normalized spacial score (nSPS) is 10.3. The van der Waals surface area contributed by atoms with E-state index in [1.165, 1.54) is 0 Å². The van der Waals surface area contributed by atoms with Crippen LogP contribution in [0.15, 0.2) is 36.4 Å². The van der Waals surface area contributed by atoms with E-state index in [4.69, 9.17) is 9.47 Å². The summed E-state index contributed by atoms with van der Waals surface area (Å²) in [6.45, 7) is 4.48. The van der Waals surface area contributed by atoms with Crippen LogP contribution in [0.4, 0.5) is 0 Å². The molecule has 1 N–H and O–H groups in total. The molecule has 0 radical (unpaired) electrons. The van der Waals surface area contributed by atoms with Crippen LogP contribution in [-0.2, 0) is 17.8 Å². The third kappa shape index (κ3) is 4.25. The first-order valence-corrected chi connectivity index (χ1v) is 7.58. The van der Waals surface area contributed by atoms with Crippen molar-refractivity contribution in [2.75, 3.05) is 14.2 Å². The van der Waals surface area contributed by atoms with E-state index in [0.717, 1.165) is 33.8 Å². The fourth-order valence-electron chi connectivity index (χ4n) is 2.74. The fraction of sp³-hybridized carbons (Fsp3) is 0.316. The predicted octanol–water partition coefficient (Wildman–Crippen LogP) is 3.18. The van der Waals surface area contributed by atoms with Gasteiger partial charge in [0.1, 0.15) is 11.5 Å². The van der Waals surface area contributed by atoms with Gasteiger partial charge in [0.2, 0.25) is 5.91 Å². The molecule has 0 heterocycles. The minimum absolute atomic E-state index is 0.0456. The maximum atomic E-state index is 12.2. The minimum atomic E-state index is -0.0456. The molecule has 2 aromatic rings. The van der Waals surface area contributed by atoms with E-state index in [2.05, 4.69) is 11.4 Å². The number of rotatable bonds is 6. The first-order valence-electron chi connectivity index (χ1n) is 7.58. The average molecular weight is 313 g/mol. The molecule has 0 aliphatic heterocycles. The first-order chi connectivity index (χ1) is 11.0. The molecule has 0 bridgehead atoms. The molecule has 0 fully saturated rings. The summed E-state index contributed by atoms with van der Waals surface area (Å²) in [5.74, 6) is 1.51. The van der Waals surface area contributed by atoms with Crippen molar-refractivity contribution >= 4 is 5.91 Å². The van der Waals surface area contributed by atoms with Gasteiger partial charge in [-0.05, 0) is 25.5 Å². The van der Waals surface area contributed by atoms with Crippen molar-refractivity contribution in [3.8, 4) is 11.5 Å². The third-order valence-electron chi connectivity index (χ3n) is 3.72. The Kier molecular flexibility index (Phi) is 5.63. The molecule has 0 spiro atoms. The average Bonchev–Trinajstić information content (AvgIpc) is 2.53. The quantitative estimate of drug-likeness (QED) is 0.891. The largest absolute Gasteiger partial charge is 0.496 e. The zero-order valence-electron chi connectivity index (χ0n) is 14.1. The van der Waals surface area contributed by atoms with Crippen molar-refractivity contribution in [3.63, 3.8) is 0 Å². The Bertz CT molecular complexity index is 695. The van der Waals surface area contributed by atoms with Gasteiger partial charge < -0.3 is 14.8 Å². The SMILES string of the molecule is COc1ccccc1CC(=O)NCc1cc(C)cc(C)c1OC. The van der Waals surface area contributed by atoms with E-state index in [-0.39, 0.29) is 12.3 Å². The summed E-state index contributed by atoms with van der Waals surface area (Å²) >= 11 is 0. The lowest BCUT2D eigenvalue weighted by Crippen LogP contribution is -2.25. The van der Waals surface area contributed by atoms with E-state index in [0.29, 0.717) is 6.54 Å². The molecule has 0 atom stereocenters. The minimum Gasteiger partial charge on any atom is -0.496 e. The fourth-order valence-corrected chi connectivity index (χ4v) is 2.74. The number of aryl methyl sites for hydroxylation is 2. The van der Waals surface area contributed by atoms with E-state index in [1.807, 2.05) is 44.2 Å². The highest BCUT2D eigenvalue weighted by Gasteiger charge is 2.11. The summed E-state index contributed by atoms with van der Waals surface area (Å²) in [5.41, 5.74) is 4.08. The summed E-state index contributed by atoms with van der Waals surface area (Å²) < 4.78 is 10.7. The number of para-hydroxylation sites is 1. The summed E-state index contributed by atoms with van der Waals surface area (Å²) in [4.78, 5) is 12.2. The zero-order valence-corrected chi connectivity index (χ0v) is 14.1. The highest BCUT2D eigenvalue weighted by atomic mass is 16.5. The number of ether oxygens (including phenoxy) is 2.